The van der Waals surface area contributed by atoms with Crippen LogP contribution in [0.5, 0.6) is 0 Å². The van der Waals surface area contributed by atoms with Crippen LogP contribution >= 0.6 is 0 Å². The number of carbonyl (C=O) groups excluding carboxylic acids is 2. The van der Waals surface area contributed by atoms with Crippen molar-refractivity contribution in [3.8, 4) is 0 Å². The van der Waals surface area contributed by atoms with E-state index in [1.165, 1.54) is 19.6 Å². The molecular formula is C24H34O5. The Bertz CT molecular complexity index is 778. The lowest BCUT2D eigenvalue weighted by atomic mass is 9.46. The second-order valence-electron chi connectivity index (χ2n) is 9.26. The van der Waals surface area contributed by atoms with E-state index in [1.54, 1.807) is 6.26 Å². The number of hydrogen-bond acceptors (Lipinski definition) is 5. The standard InChI is InChI=1S/C24H34O5/c1-16-7-10-21-23(3,12-6-13-24(21,4)22(26)27-5)19(16)9-8-18-11-14-28-20(18)15-29-17(2)25/h11,14,19,21H,1,6-10,12-13,15H2,2-5H3/t19-,21-,23-,24-/m1/s1. The molecule has 0 saturated heterocycles. The molecule has 0 bridgehead atoms. The number of esters is 2. The van der Waals surface area contributed by atoms with Crippen molar-refractivity contribution < 1.29 is 23.5 Å². The lowest BCUT2D eigenvalue weighted by Gasteiger charge is -2.57. The summed E-state index contributed by atoms with van der Waals surface area (Å²) in [5, 5.41) is 0. The van der Waals surface area contributed by atoms with Crippen LogP contribution < -0.4 is 0 Å². The molecule has 0 aromatic carbocycles. The SMILES string of the molecule is C=C1CC[C@@H]2[C@](C)(CCC[C@@]2(C)C(=O)OC)[C@@H]1CCc1ccoc1COC(C)=O. The number of hydrogen-bond donors (Lipinski definition) is 0. The smallest absolute Gasteiger partial charge is 0.311 e. The molecule has 0 amide bonds. The minimum absolute atomic E-state index is 0.0380. The molecule has 1 aromatic heterocycles. The molecule has 3 rings (SSSR count). The highest BCUT2D eigenvalue weighted by Gasteiger charge is 2.57. The fourth-order valence-electron chi connectivity index (χ4n) is 6.14. The topological polar surface area (TPSA) is 65.7 Å². The van der Waals surface area contributed by atoms with E-state index in [2.05, 4.69) is 20.4 Å². The highest BCUT2D eigenvalue weighted by Crippen LogP contribution is 2.62. The van der Waals surface area contributed by atoms with Gasteiger partial charge in [0.1, 0.15) is 12.4 Å². The molecule has 2 fully saturated rings. The molecule has 1 heterocycles. The van der Waals surface area contributed by atoms with E-state index < -0.39 is 5.41 Å². The molecule has 2 aliphatic carbocycles. The summed E-state index contributed by atoms with van der Waals surface area (Å²) in [5.41, 5.74) is 1.99. The first kappa shape index (κ1) is 21.7. The van der Waals surface area contributed by atoms with Crippen molar-refractivity contribution >= 4 is 11.9 Å². The Balaban J connectivity index is 1.79. The van der Waals surface area contributed by atoms with Crippen LogP contribution in [-0.4, -0.2) is 19.0 Å². The Morgan fingerprint density at radius 2 is 2.07 bits per heavy atom. The molecule has 2 aliphatic rings. The largest absolute Gasteiger partial charge is 0.469 e. The van der Waals surface area contributed by atoms with Crippen LogP contribution in [0.1, 0.15) is 70.6 Å². The van der Waals surface area contributed by atoms with Crippen LogP contribution in [0.25, 0.3) is 0 Å². The van der Waals surface area contributed by atoms with Gasteiger partial charge in [-0.3, -0.25) is 9.59 Å². The van der Waals surface area contributed by atoms with E-state index in [0.717, 1.165) is 50.5 Å². The Morgan fingerprint density at radius 3 is 2.76 bits per heavy atom. The number of aryl methyl sites for hydroxylation is 1. The van der Waals surface area contributed by atoms with E-state index in [4.69, 9.17) is 13.9 Å². The molecule has 4 atom stereocenters. The summed E-state index contributed by atoms with van der Waals surface area (Å²) < 4.78 is 15.9. The molecule has 1 aromatic rings. The number of furan rings is 1. The molecule has 5 nitrogen and oxygen atoms in total. The van der Waals surface area contributed by atoms with Gasteiger partial charge < -0.3 is 13.9 Å². The molecule has 160 valence electrons. The van der Waals surface area contributed by atoms with Crippen LogP contribution in [0.4, 0.5) is 0 Å². The van der Waals surface area contributed by atoms with Gasteiger partial charge in [-0.2, -0.15) is 0 Å². The molecule has 5 heteroatoms. The van der Waals surface area contributed by atoms with Crippen molar-refractivity contribution in [2.24, 2.45) is 22.7 Å². The minimum atomic E-state index is -0.420. The maximum atomic E-state index is 12.7. The van der Waals surface area contributed by atoms with Crippen LogP contribution in [-0.2, 0) is 32.1 Å². The van der Waals surface area contributed by atoms with Crippen LogP contribution in [0.15, 0.2) is 28.9 Å². The van der Waals surface area contributed by atoms with Gasteiger partial charge in [-0.25, -0.2) is 0 Å². The van der Waals surface area contributed by atoms with Gasteiger partial charge in [0.2, 0.25) is 0 Å². The maximum Gasteiger partial charge on any atom is 0.311 e. The Morgan fingerprint density at radius 1 is 1.31 bits per heavy atom. The highest BCUT2D eigenvalue weighted by molar-refractivity contribution is 5.77. The van der Waals surface area contributed by atoms with Gasteiger partial charge in [0, 0.05) is 6.92 Å². The number of carbonyl (C=O) groups is 2. The predicted molar refractivity (Wildman–Crippen MR) is 110 cm³/mol. The van der Waals surface area contributed by atoms with Crippen LogP contribution in [0.3, 0.4) is 0 Å². The first-order chi connectivity index (χ1) is 13.7. The zero-order chi connectivity index (χ0) is 21.2. The summed E-state index contributed by atoms with van der Waals surface area (Å²) in [6, 6.07) is 1.96. The summed E-state index contributed by atoms with van der Waals surface area (Å²) >= 11 is 0. The third-order valence-electron chi connectivity index (χ3n) is 7.62. The van der Waals surface area contributed by atoms with Gasteiger partial charge in [-0.1, -0.05) is 25.5 Å². The summed E-state index contributed by atoms with van der Waals surface area (Å²) in [7, 11) is 1.50. The van der Waals surface area contributed by atoms with Gasteiger partial charge in [0.05, 0.1) is 18.8 Å². The summed E-state index contributed by atoms with van der Waals surface area (Å²) in [5.74, 6) is 0.982. The molecule has 29 heavy (non-hydrogen) atoms. The lowest BCUT2D eigenvalue weighted by Crippen LogP contribution is -2.53. The van der Waals surface area contributed by atoms with E-state index in [-0.39, 0.29) is 24.0 Å². The third-order valence-corrected chi connectivity index (χ3v) is 7.62. The van der Waals surface area contributed by atoms with Crippen molar-refractivity contribution in [3.63, 3.8) is 0 Å². The van der Waals surface area contributed by atoms with Crippen molar-refractivity contribution in [2.45, 2.75) is 72.3 Å². The monoisotopic (exact) mass is 402 g/mol. The van der Waals surface area contributed by atoms with Crippen molar-refractivity contribution in [2.75, 3.05) is 7.11 Å². The molecule has 0 unspecified atom stereocenters. The Hall–Kier alpha value is -2.04. The molecule has 0 spiro atoms. The van der Waals surface area contributed by atoms with Crippen molar-refractivity contribution in [1.29, 1.82) is 0 Å². The van der Waals surface area contributed by atoms with Gasteiger partial charge in [-0.05, 0) is 74.3 Å². The van der Waals surface area contributed by atoms with Crippen molar-refractivity contribution in [1.82, 2.24) is 0 Å². The van der Waals surface area contributed by atoms with Gasteiger partial charge >= 0.3 is 11.9 Å². The summed E-state index contributed by atoms with van der Waals surface area (Å²) in [4.78, 5) is 23.8. The zero-order valence-electron chi connectivity index (χ0n) is 18.2. The predicted octanol–water partition coefficient (Wildman–Crippen LogP) is 5.23. The summed E-state index contributed by atoms with van der Waals surface area (Å²) in [6.07, 6.45) is 8.45. The number of methoxy groups -OCH3 is 1. The fourth-order valence-corrected chi connectivity index (χ4v) is 6.14. The average Bonchev–Trinajstić information content (AvgIpc) is 3.12. The van der Waals surface area contributed by atoms with Crippen LogP contribution in [0.2, 0.25) is 0 Å². The van der Waals surface area contributed by atoms with Gasteiger partial charge in [-0.15, -0.1) is 0 Å². The maximum absolute atomic E-state index is 12.7. The lowest BCUT2D eigenvalue weighted by molar-refractivity contribution is -0.168. The van der Waals surface area contributed by atoms with Gasteiger partial charge in [0.15, 0.2) is 0 Å². The number of ether oxygens (including phenoxy) is 2. The second kappa shape index (κ2) is 8.37. The highest BCUT2D eigenvalue weighted by atomic mass is 16.5. The Kier molecular flexibility index (Phi) is 6.25. The normalized spacial score (nSPS) is 31.8. The average molecular weight is 403 g/mol. The zero-order valence-corrected chi connectivity index (χ0v) is 18.2. The van der Waals surface area contributed by atoms with E-state index >= 15 is 0 Å². The molecule has 0 aliphatic heterocycles. The van der Waals surface area contributed by atoms with Crippen LogP contribution in [0, 0.1) is 22.7 Å². The third kappa shape index (κ3) is 4.01. The molecule has 0 radical (unpaired) electrons. The number of rotatable bonds is 6. The number of fused-ring (bicyclic) bond motifs is 1. The van der Waals surface area contributed by atoms with E-state index in [0.29, 0.717) is 17.6 Å². The summed E-state index contributed by atoms with van der Waals surface area (Å²) in [6.45, 7) is 10.4. The first-order valence-corrected chi connectivity index (χ1v) is 10.7. The molecule has 2 saturated carbocycles. The Labute approximate surface area is 173 Å². The van der Waals surface area contributed by atoms with E-state index in [1.807, 2.05) is 6.07 Å². The van der Waals surface area contributed by atoms with Gasteiger partial charge in [0.25, 0.3) is 0 Å². The number of allylic oxidation sites excluding steroid dienone is 1. The minimum Gasteiger partial charge on any atom is -0.469 e. The van der Waals surface area contributed by atoms with E-state index in [9.17, 15) is 9.59 Å². The van der Waals surface area contributed by atoms with Crippen molar-refractivity contribution in [3.05, 3.63) is 35.8 Å². The second-order valence-corrected chi connectivity index (χ2v) is 9.26. The molecule has 0 N–H and O–H groups in total. The molecular weight excluding hydrogens is 368 g/mol. The quantitative estimate of drug-likeness (QED) is 0.482. The first-order valence-electron chi connectivity index (χ1n) is 10.7. The fraction of sp³-hybridized carbons (Fsp3) is 0.667.